The molecule has 27 heavy (non-hydrogen) atoms. The summed E-state index contributed by atoms with van der Waals surface area (Å²) in [5.74, 6) is -0.784. The van der Waals surface area contributed by atoms with Crippen molar-refractivity contribution >= 4 is 28.8 Å². The number of carbonyl (C=O) groups excluding carboxylic acids is 1. The Bertz CT molecular complexity index is 913. The SMILES string of the molecule is CC(=O)C1=C(c2ccc(F)cc2)NC(=S)N[C@H]1c1ccccc1OC(F)F. The number of para-hydroxylation sites is 1. The van der Waals surface area contributed by atoms with Crippen molar-refractivity contribution in [2.45, 2.75) is 19.6 Å². The van der Waals surface area contributed by atoms with Crippen LogP contribution in [0.5, 0.6) is 5.75 Å². The molecule has 2 N–H and O–H groups in total. The van der Waals surface area contributed by atoms with Crippen LogP contribution in [0.1, 0.15) is 24.1 Å². The van der Waals surface area contributed by atoms with E-state index in [1.54, 1.807) is 18.2 Å². The first kappa shape index (κ1) is 18.9. The maximum atomic E-state index is 13.3. The quantitative estimate of drug-likeness (QED) is 0.755. The highest BCUT2D eigenvalue weighted by Crippen LogP contribution is 2.36. The Balaban J connectivity index is 2.17. The first-order valence-electron chi connectivity index (χ1n) is 7.99. The molecule has 4 nitrogen and oxygen atoms in total. The maximum absolute atomic E-state index is 13.3. The Morgan fingerprint density at radius 3 is 2.44 bits per heavy atom. The van der Waals surface area contributed by atoms with Gasteiger partial charge in [0.05, 0.1) is 11.7 Å². The van der Waals surface area contributed by atoms with Crippen LogP contribution in [0.2, 0.25) is 0 Å². The predicted molar refractivity (Wildman–Crippen MR) is 98.7 cm³/mol. The first-order chi connectivity index (χ1) is 12.9. The molecule has 0 radical (unpaired) electrons. The van der Waals surface area contributed by atoms with E-state index >= 15 is 0 Å². The van der Waals surface area contributed by atoms with Gasteiger partial charge in [0.1, 0.15) is 11.6 Å². The first-order valence-corrected chi connectivity index (χ1v) is 8.40. The zero-order valence-corrected chi connectivity index (χ0v) is 14.9. The van der Waals surface area contributed by atoms with Gasteiger partial charge in [-0.2, -0.15) is 8.78 Å². The van der Waals surface area contributed by atoms with Crippen LogP contribution in [0.4, 0.5) is 13.2 Å². The van der Waals surface area contributed by atoms with Crippen LogP contribution in [0.25, 0.3) is 5.70 Å². The second-order valence-electron chi connectivity index (χ2n) is 5.80. The third-order valence-corrected chi connectivity index (χ3v) is 4.25. The monoisotopic (exact) mass is 392 g/mol. The highest BCUT2D eigenvalue weighted by Gasteiger charge is 2.32. The number of ether oxygens (including phenoxy) is 1. The Labute approximate surface area is 159 Å². The zero-order chi connectivity index (χ0) is 19.6. The van der Waals surface area contributed by atoms with Gasteiger partial charge in [0.15, 0.2) is 10.9 Å². The fourth-order valence-electron chi connectivity index (χ4n) is 2.94. The van der Waals surface area contributed by atoms with E-state index in [9.17, 15) is 18.0 Å². The molecule has 0 unspecified atom stereocenters. The second-order valence-corrected chi connectivity index (χ2v) is 6.21. The third-order valence-electron chi connectivity index (χ3n) is 4.03. The van der Waals surface area contributed by atoms with E-state index < -0.39 is 18.5 Å². The van der Waals surface area contributed by atoms with Crippen LogP contribution in [-0.4, -0.2) is 17.5 Å². The van der Waals surface area contributed by atoms with Crippen LogP contribution >= 0.6 is 12.2 Å². The lowest BCUT2D eigenvalue weighted by Crippen LogP contribution is -2.44. The molecule has 0 saturated carbocycles. The van der Waals surface area contributed by atoms with Gasteiger partial charge in [-0.3, -0.25) is 4.79 Å². The summed E-state index contributed by atoms with van der Waals surface area (Å²) < 4.78 is 43.4. The molecule has 8 heteroatoms. The van der Waals surface area contributed by atoms with E-state index in [1.165, 1.54) is 37.3 Å². The number of thiocarbonyl (C=S) groups is 1. The molecule has 0 aromatic heterocycles. The van der Waals surface area contributed by atoms with E-state index in [2.05, 4.69) is 15.4 Å². The molecule has 1 atom stereocenters. The molecule has 3 rings (SSSR count). The molecule has 2 aromatic carbocycles. The minimum atomic E-state index is -3.01. The second kappa shape index (κ2) is 7.79. The van der Waals surface area contributed by atoms with Crippen LogP contribution in [0, 0.1) is 5.82 Å². The number of carbonyl (C=O) groups is 1. The normalized spacial score (nSPS) is 16.8. The molecule has 1 heterocycles. The molecule has 1 aliphatic rings. The Morgan fingerprint density at radius 1 is 1.15 bits per heavy atom. The van der Waals surface area contributed by atoms with Gasteiger partial charge in [-0.1, -0.05) is 18.2 Å². The van der Waals surface area contributed by atoms with Crippen molar-refractivity contribution in [1.29, 1.82) is 0 Å². The molecular formula is C19H15F3N2O2S. The number of alkyl halides is 2. The Hall–Kier alpha value is -2.87. The third kappa shape index (κ3) is 4.11. The largest absolute Gasteiger partial charge is 0.434 e. The number of benzene rings is 2. The van der Waals surface area contributed by atoms with Crippen LogP contribution in [0.3, 0.4) is 0 Å². The van der Waals surface area contributed by atoms with Gasteiger partial charge in [-0.05, 0) is 55.0 Å². The number of halogens is 3. The molecule has 140 valence electrons. The Kier molecular flexibility index (Phi) is 5.46. The number of ketones is 1. The number of hydrogen-bond donors (Lipinski definition) is 2. The van der Waals surface area contributed by atoms with E-state index in [-0.39, 0.29) is 22.2 Å². The molecule has 0 amide bonds. The van der Waals surface area contributed by atoms with Gasteiger partial charge in [0.2, 0.25) is 0 Å². The van der Waals surface area contributed by atoms with Crippen molar-refractivity contribution in [3.8, 4) is 5.75 Å². The molecular weight excluding hydrogens is 377 g/mol. The van der Waals surface area contributed by atoms with Crippen molar-refractivity contribution in [1.82, 2.24) is 10.6 Å². The van der Waals surface area contributed by atoms with Gasteiger partial charge >= 0.3 is 6.61 Å². The van der Waals surface area contributed by atoms with Crippen molar-refractivity contribution in [2.24, 2.45) is 0 Å². The minimum absolute atomic E-state index is 0.0630. The zero-order valence-electron chi connectivity index (χ0n) is 14.1. The molecule has 2 aromatic rings. The lowest BCUT2D eigenvalue weighted by atomic mass is 9.90. The van der Waals surface area contributed by atoms with Gasteiger partial charge in [-0.25, -0.2) is 4.39 Å². The van der Waals surface area contributed by atoms with E-state index in [4.69, 9.17) is 12.2 Å². The summed E-state index contributed by atoms with van der Waals surface area (Å²) in [6, 6.07) is 10.9. The average Bonchev–Trinajstić information content (AvgIpc) is 2.61. The highest BCUT2D eigenvalue weighted by molar-refractivity contribution is 7.80. The molecule has 1 aliphatic heterocycles. The van der Waals surface area contributed by atoms with Crippen molar-refractivity contribution < 1.29 is 22.7 Å². The molecule has 0 saturated heterocycles. The lowest BCUT2D eigenvalue weighted by Gasteiger charge is -2.32. The summed E-state index contributed by atoms with van der Waals surface area (Å²) in [5.41, 5.74) is 1.55. The lowest BCUT2D eigenvalue weighted by molar-refractivity contribution is -0.113. The van der Waals surface area contributed by atoms with E-state index in [0.717, 1.165) is 0 Å². The Morgan fingerprint density at radius 2 is 1.81 bits per heavy atom. The fraction of sp³-hybridized carbons (Fsp3) is 0.158. The van der Waals surface area contributed by atoms with Gasteiger partial charge in [-0.15, -0.1) is 0 Å². The van der Waals surface area contributed by atoms with Gasteiger partial charge < -0.3 is 15.4 Å². The summed E-state index contributed by atoms with van der Waals surface area (Å²) in [4.78, 5) is 12.4. The number of hydrogen-bond acceptors (Lipinski definition) is 3. The van der Waals surface area contributed by atoms with E-state index in [0.29, 0.717) is 16.8 Å². The molecule has 0 spiro atoms. The number of Topliss-reactive ketones (excluding diaryl/α,β-unsaturated/α-hetero) is 1. The van der Waals surface area contributed by atoms with E-state index in [1.807, 2.05) is 0 Å². The summed E-state index contributed by atoms with van der Waals surface area (Å²) in [6.07, 6.45) is 0. The number of nitrogens with one attached hydrogen (secondary N) is 2. The van der Waals surface area contributed by atoms with Crippen molar-refractivity contribution in [3.63, 3.8) is 0 Å². The van der Waals surface area contributed by atoms with Gasteiger partial charge in [0.25, 0.3) is 0 Å². The molecule has 0 aliphatic carbocycles. The van der Waals surface area contributed by atoms with Crippen LogP contribution in [-0.2, 0) is 4.79 Å². The summed E-state index contributed by atoms with van der Waals surface area (Å²) >= 11 is 5.23. The minimum Gasteiger partial charge on any atom is -0.434 e. The van der Waals surface area contributed by atoms with Crippen LogP contribution < -0.4 is 15.4 Å². The average molecular weight is 392 g/mol. The van der Waals surface area contributed by atoms with Crippen molar-refractivity contribution in [3.05, 3.63) is 71.0 Å². The predicted octanol–water partition coefficient (Wildman–Crippen LogP) is 3.95. The smallest absolute Gasteiger partial charge is 0.387 e. The topological polar surface area (TPSA) is 50.4 Å². The summed E-state index contributed by atoms with van der Waals surface area (Å²) in [5, 5.41) is 6.05. The van der Waals surface area contributed by atoms with Crippen LogP contribution in [0.15, 0.2) is 54.1 Å². The molecule has 0 bridgehead atoms. The highest BCUT2D eigenvalue weighted by atomic mass is 32.1. The maximum Gasteiger partial charge on any atom is 0.387 e. The molecule has 0 fully saturated rings. The summed E-state index contributed by atoms with van der Waals surface area (Å²) in [6.45, 7) is -1.65. The fourth-order valence-corrected chi connectivity index (χ4v) is 3.16. The van der Waals surface area contributed by atoms with Crippen molar-refractivity contribution in [2.75, 3.05) is 0 Å². The van der Waals surface area contributed by atoms with Gasteiger partial charge in [0, 0.05) is 11.1 Å². The summed E-state index contributed by atoms with van der Waals surface area (Å²) in [7, 11) is 0. The standard InChI is InChI=1S/C19H15F3N2O2S/c1-10(25)15-16(11-6-8-12(20)9-7-11)23-19(27)24-17(15)13-4-2-3-5-14(13)26-18(21)22/h2-9,17-18H,1H3,(H2,23,24,27)/t17-/m0/s1. The number of rotatable bonds is 5.